The van der Waals surface area contributed by atoms with Gasteiger partial charge in [0.25, 0.3) is 0 Å². The lowest BCUT2D eigenvalue weighted by molar-refractivity contribution is 0.197. The molecule has 0 bridgehead atoms. The van der Waals surface area contributed by atoms with Gasteiger partial charge in [0.2, 0.25) is 0 Å². The van der Waals surface area contributed by atoms with Crippen molar-refractivity contribution in [1.29, 1.82) is 0 Å². The van der Waals surface area contributed by atoms with Crippen molar-refractivity contribution in [3.05, 3.63) is 12.3 Å². The fourth-order valence-electron chi connectivity index (χ4n) is 2.39. The van der Waals surface area contributed by atoms with E-state index in [9.17, 15) is 4.79 Å². The number of amides is 1. The number of hydrogen-bond donors (Lipinski definition) is 2. The van der Waals surface area contributed by atoms with E-state index in [1.807, 2.05) is 0 Å². The molecule has 20 heavy (non-hydrogen) atoms. The highest BCUT2D eigenvalue weighted by Crippen LogP contribution is 2.13. The summed E-state index contributed by atoms with van der Waals surface area (Å²) in [5, 5.41) is 10.8. The van der Waals surface area contributed by atoms with Crippen molar-refractivity contribution in [3.63, 3.8) is 0 Å². The Morgan fingerprint density at radius 2 is 1.25 bits per heavy atom. The van der Waals surface area contributed by atoms with Gasteiger partial charge in [-0.3, -0.25) is 5.32 Å². The second-order valence-corrected chi connectivity index (χ2v) is 5.67. The van der Waals surface area contributed by atoms with Gasteiger partial charge >= 0.3 is 6.09 Å². The zero-order valence-corrected chi connectivity index (χ0v) is 13.3. The summed E-state index contributed by atoms with van der Waals surface area (Å²) >= 11 is 0. The number of rotatable bonds is 14. The molecule has 0 atom stereocenters. The third kappa shape index (κ3) is 15.1. The summed E-state index contributed by atoms with van der Waals surface area (Å²) < 4.78 is 0. The first-order valence-electron chi connectivity index (χ1n) is 8.34. The van der Waals surface area contributed by atoms with Crippen LogP contribution in [0.1, 0.15) is 90.4 Å². The quantitative estimate of drug-likeness (QED) is 0.392. The van der Waals surface area contributed by atoms with Gasteiger partial charge in [0, 0.05) is 5.70 Å². The number of carbonyl (C=O) groups is 1. The van der Waals surface area contributed by atoms with E-state index in [1.165, 1.54) is 70.6 Å². The van der Waals surface area contributed by atoms with Crippen molar-refractivity contribution in [2.24, 2.45) is 0 Å². The van der Waals surface area contributed by atoms with Crippen LogP contribution >= 0.6 is 0 Å². The summed E-state index contributed by atoms with van der Waals surface area (Å²) in [4.78, 5) is 10.4. The highest BCUT2D eigenvalue weighted by molar-refractivity contribution is 5.66. The molecule has 0 aromatic carbocycles. The van der Waals surface area contributed by atoms with Crippen LogP contribution in [-0.2, 0) is 0 Å². The standard InChI is InChI=1S/C17H33NO2/c1-3-4-5-6-7-8-9-10-11-12-13-14-15-16(2)18-17(19)20/h18H,2-15H2,1H3,(H,19,20). The van der Waals surface area contributed by atoms with Crippen LogP contribution in [0.2, 0.25) is 0 Å². The topological polar surface area (TPSA) is 49.3 Å². The lowest BCUT2D eigenvalue weighted by atomic mass is 10.0. The molecule has 3 heteroatoms. The van der Waals surface area contributed by atoms with E-state index >= 15 is 0 Å². The molecule has 0 aliphatic rings. The SMILES string of the molecule is C=C(CCCCCCCCCCCCCC)NC(=O)O. The van der Waals surface area contributed by atoms with E-state index in [0.717, 1.165) is 12.8 Å². The summed E-state index contributed by atoms with van der Waals surface area (Å²) in [5.41, 5.74) is 0.615. The van der Waals surface area contributed by atoms with E-state index in [4.69, 9.17) is 5.11 Å². The molecular formula is C17H33NO2. The Balaban J connectivity index is 3.09. The van der Waals surface area contributed by atoms with Crippen molar-refractivity contribution in [2.75, 3.05) is 0 Å². The fraction of sp³-hybridized carbons (Fsp3) is 0.824. The zero-order chi connectivity index (χ0) is 15.1. The van der Waals surface area contributed by atoms with Crippen molar-refractivity contribution in [1.82, 2.24) is 5.32 Å². The summed E-state index contributed by atoms with van der Waals surface area (Å²) in [6.45, 7) is 5.95. The maximum atomic E-state index is 10.4. The molecule has 3 nitrogen and oxygen atoms in total. The first-order chi connectivity index (χ1) is 9.66. The number of hydrogen-bond acceptors (Lipinski definition) is 1. The van der Waals surface area contributed by atoms with Gasteiger partial charge in [-0.15, -0.1) is 0 Å². The van der Waals surface area contributed by atoms with Gasteiger partial charge in [-0.05, 0) is 12.8 Å². The maximum absolute atomic E-state index is 10.4. The number of nitrogens with one attached hydrogen (secondary N) is 1. The second kappa shape index (κ2) is 14.4. The van der Waals surface area contributed by atoms with E-state index < -0.39 is 6.09 Å². The van der Waals surface area contributed by atoms with Crippen molar-refractivity contribution < 1.29 is 9.90 Å². The Bertz CT molecular complexity index is 251. The Labute approximate surface area is 124 Å². The van der Waals surface area contributed by atoms with E-state index in [2.05, 4.69) is 18.8 Å². The van der Waals surface area contributed by atoms with Gasteiger partial charge in [-0.1, -0.05) is 84.1 Å². The maximum Gasteiger partial charge on any atom is 0.408 e. The molecule has 0 rings (SSSR count). The molecule has 0 aromatic rings. The third-order valence-electron chi connectivity index (χ3n) is 3.62. The average molecular weight is 283 g/mol. The van der Waals surface area contributed by atoms with Crippen LogP contribution < -0.4 is 5.32 Å². The van der Waals surface area contributed by atoms with Crippen molar-refractivity contribution in [3.8, 4) is 0 Å². The van der Waals surface area contributed by atoms with Crippen LogP contribution in [0.5, 0.6) is 0 Å². The molecule has 0 saturated carbocycles. The highest BCUT2D eigenvalue weighted by atomic mass is 16.4. The molecular weight excluding hydrogens is 250 g/mol. The predicted octanol–water partition coefficient (Wildman–Crippen LogP) is 5.86. The second-order valence-electron chi connectivity index (χ2n) is 5.67. The minimum absolute atomic E-state index is 0.615. The largest absolute Gasteiger partial charge is 0.465 e. The van der Waals surface area contributed by atoms with Crippen LogP contribution in [-0.4, -0.2) is 11.2 Å². The number of unbranched alkanes of at least 4 members (excludes halogenated alkanes) is 11. The summed E-state index contributed by atoms with van der Waals surface area (Å²) in [6, 6.07) is 0. The van der Waals surface area contributed by atoms with Crippen molar-refractivity contribution in [2.45, 2.75) is 90.4 Å². The van der Waals surface area contributed by atoms with Gasteiger partial charge in [-0.25, -0.2) is 4.79 Å². The van der Waals surface area contributed by atoms with Gasteiger partial charge in [0.05, 0.1) is 0 Å². The minimum Gasteiger partial charge on any atom is -0.465 e. The van der Waals surface area contributed by atoms with Crippen LogP contribution in [0.4, 0.5) is 4.79 Å². The summed E-state index contributed by atoms with van der Waals surface area (Å²) in [6.07, 6.45) is 15.6. The molecule has 2 N–H and O–H groups in total. The molecule has 0 spiro atoms. The summed E-state index contributed by atoms with van der Waals surface area (Å²) in [5.74, 6) is 0. The number of allylic oxidation sites excluding steroid dienone is 1. The van der Waals surface area contributed by atoms with Crippen molar-refractivity contribution >= 4 is 6.09 Å². The minimum atomic E-state index is -1.01. The molecule has 0 fully saturated rings. The Morgan fingerprint density at radius 1 is 0.850 bits per heavy atom. The lowest BCUT2D eigenvalue weighted by Gasteiger charge is -2.05. The normalized spacial score (nSPS) is 10.4. The average Bonchev–Trinajstić information content (AvgIpc) is 2.39. The first-order valence-corrected chi connectivity index (χ1v) is 8.34. The van der Waals surface area contributed by atoms with Gasteiger partial charge in [0.15, 0.2) is 0 Å². The Kier molecular flexibility index (Phi) is 13.7. The van der Waals surface area contributed by atoms with Gasteiger partial charge < -0.3 is 5.11 Å². The van der Waals surface area contributed by atoms with E-state index in [-0.39, 0.29) is 0 Å². The van der Waals surface area contributed by atoms with Crippen LogP contribution in [0.3, 0.4) is 0 Å². The molecule has 0 radical (unpaired) electrons. The molecule has 118 valence electrons. The molecule has 0 aromatic heterocycles. The van der Waals surface area contributed by atoms with E-state index in [1.54, 1.807) is 0 Å². The van der Waals surface area contributed by atoms with Crippen LogP contribution in [0.25, 0.3) is 0 Å². The fourth-order valence-corrected chi connectivity index (χ4v) is 2.39. The molecule has 0 heterocycles. The monoisotopic (exact) mass is 283 g/mol. The molecule has 0 unspecified atom stereocenters. The molecule has 0 aliphatic carbocycles. The highest BCUT2D eigenvalue weighted by Gasteiger charge is 1.99. The van der Waals surface area contributed by atoms with E-state index in [0.29, 0.717) is 5.70 Å². The Hall–Kier alpha value is -0.990. The Morgan fingerprint density at radius 3 is 1.65 bits per heavy atom. The smallest absolute Gasteiger partial charge is 0.408 e. The van der Waals surface area contributed by atoms with Crippen LogP contribution in [0.15, 0.2) is 12.3 Å². The number of carboxylic acid groups (broad SMARTS) is 1. The summed E-state index contributed by atoms with van der Waals surface area (Å²) in [7, 11) is 0. The molecule has 1 amide bonds. The van der Waals surface area contributed by atoms with Gasteiger partial charge in [-0.2, -0.15) is 0 Å². The molecule has 0 aliphatic heterocycles. The predicted molar refractivity (Wildman–Crippen MR) is 86.0 cm³/mol. The lowest BCUT2D eigenvalue weighted by Crippen LogP contribution is -2.19. The molecule has 0 saturated heterocycles. The van der Waals surface area contributed by atoms with Crippen LogP contribution in [0, 0.1) is 0 Å². The first kappa shape index (κ1) is 19.0. The zero-order valence-electron chi connectivity index (χ0n) is 13.3. The van der Waals surface area contributed by atoms with Gasteiger partial charge in [0.1, 0.15) is 0 Å². The third-order valence-corrected chi connectivity index (χ3v) is 3.62.